The molecule has 1 aromatic rings. The Kier molecular flexibility index (Phi) is 7.43. The molecule has 0 aliphatic rings. The molecule has 0 spiro atoms. The van der Waals surface area contributed by atoms with Crippen LogP contribution in [0, 0.1) is 5.92 Å². The molecule has 0 aliphatic heterocycles. The first kappa shape index (κ1) is 21.8. The van der Waals surface area contributed by atoms with E-state index >= 15 is 0 Å². The Morgan fingerprint density at radius 3 is 2.35 bits per heavy atom. The van der Waals surface area contributed by atoms with Crippen molar-refractivity contribution in [1.29, 1.82) is 0 Å². The van der Waals surface area contributed by atoms with Gasteiger partial charge in [0.25, 0.3) is 0 Å². The third kappa shape index (κ3) is 6.21. The number of nitrogens with one attached hydrogen (secondary N) is 1. The minimum Gasteiger partial charge on any atom is -0.481 e. The first-order valence-corrected chi connectivity index (χ1v) is 7.98. The van der Waals surface area contributed by atoms with E-state index in [2.05, 4.69) is 5.32 Å². The van der Waals surface area contributed by atoms with E-state index in [9.17, 15) is 22.8 Å². The lowest BCUT2D eigenvalue weighted by Crippen LogP contribution is -2.43. The van der Waals surface area contributed by atoms with Crippen LogP contribution in [0.25, 0.3) is 0 Å². The zero-order valence-electron chi connectivity index (χ0n) is 15.2. The van der Waals surface area contributed by atoms with Gasteiger partial charge in [0.05, 0.1) is 17.5 Å². The molecule has 2 amide bonds. The van der Waals surface area contributed by atoms with Gasteiger partial charge in [0.2, 0.25) is 0 Å². The van der Waals surface area contributed by atoms with Crippen molar-refractivity contribution >= 4 is 12.0 Å². The Morgan fingerprint density at radius 2 is 1.85 bits per heavy atom. The second-order valence-electron chi connectivity index (χ2n) is 6.41. The molecule has 0 aliphatic carbocycles. The zero-order valence-corrected chi connectivity index (χ0v) is 15.2. The lowest BCUT2D eigenvalue weighted by Gasteiger charge is -2.27. The molecular weight excluding hydrogens is 351 g/mol. The van der Waals surface area contributed by atoms with E-state index in [1.54, 1.807) is 25.1 Å². The fourth-order valence-electron chi connectivity index (χ4n) is 2.41. The van der Waals surface area contributed by atoms with E-state index in [1.807, 2.05) is 0 Å². The predicted molar refractivity (Wildman–Crippen MR) is 90.7 cm³/mol. The van der Waals surface area contributed by atoms with E-state index in [0.29, 0.717) is 5.56 Å². The lowest BCUT2D eigenvalue weighted by molar-refractivity contribution is -0.141. The zero-order chi connectivity index (χ0) is 20.1. The number of rotatable bonds is 7. The number of nitrogens with zero attached hydrogens (tertiary/aromatic N) is 2. The van der Waals surface area contributed by atoms with Gasteiger partial charge in [-0.15, -0.1) is 0 Å². The Bertz CT molecular complexity index is 635. The first-order chi connectivity index (χ1) is 11.9. The highest BCUT2D eigenvalue weighted by Crippen LogP contribution is 2.31. The second kappa shape index (κ2) is 8.88. The van der Waals surface area contributed by atoms with Gasteiger partial charge in [-0.2, -0.15) is 13.2 Å². The summed E-state index contributed by atoms with van der Waals surface area (Å²) in [6.45, 7) is 1.59. The minimum atomic E-state index is -4.44. The molecule has 2 atom stereocenters. The Morgan fingerprint density at radius 1 is 1.23 bits per heavy atom. The van der Waals surface area contributed by atoms with Crippen molar-refractivity contribution in [3.63, 3.8) is 0 Å². The van der Waals surface area contributed by atoms with Crippen LogP contribution in [0.2, 0.25) is 0 Å². The predicted octanol–water partition coefficient (Wildman–Crippen LogP) is 2.67. The fraction of sp³-hybridized carbons (Fsp3) is 0.529. The summed E-state index contributed by atoms with van der Waals surface area (Å²) >= 11 is 0. The van der Waals surface area contributed by atoms with Gasteiger partial charge < -0.3 is 20.2 Å². The number of carbonyl (C=O) groups excluding carboxylic acids is 1. The highest BCUT2D eigenvalue weighted by atomic mass is 19.4. The molecule has 2 unspecified atom stereocenters. The maximum absolute atomic E-state index is 12.9. The molecule has 9 heteroatoms. The maximum Gasteiger partial charge on any atom is 0.416 e. The van der Waals surface area contributed by atoms with Crippen LogP contribution in [-0.2, 0) is 11.0 Å². The number of hydrogen-bond donors (Lipinski definition) is 2. The number of amides is 2. The standard InChI is InChI=1S/C17H24F3N3O3/c1-11(15(24)25)10-23(4)16(26)21-9-14(22(2)3)12-6-5-7-13(8-12)17(18,19)20/h5-8,11,14H,9-10H2,1-4H3,(H,21,26)(H,24,25). The molecule has 0 bridgehead atoms. The molecule has 0 radical (unpaired) electrons. The van der Waals surface area contributed by atoms with Crippen LogP contribution in [-0.4, -0.2) is 61.1 Å². The molecule has 26 heavy (non-hydrogen) atoms. The third-order valence-electron chi connectivity index (χ3n) is 3.98. The summed E-state index contributed by atoms with van der Waals surface area (Å²) in [6.07, 6.45) is -4.44. The number of carboxylic acid groups (broad SMARTS) is 1. The van der Waals surface area contributed by atoms with E-state index in [-0.39, 0.29) is 13.1 Å². The number of benzene rings is 1. The molecule has 0 saturated carbocycles. The van der Waals surface area contributed by atoms with Gasteiger partial charge in [-0.3, -0.25) is 4.79 Å². The molecule has 1 rings (SSSR count). The van der Waals surface area contributed by atoms with Gasteiger partial charge in [0, 0.05) is 20.1 Å². The normalized spacial score (nSPS) is 14.0. The van der Waals surface area contributed by atoms with Crippen LogP contribution in [0.1, 0.15) is 24.1 Å². The van der Waals surface area contributed by atoms with Crippen LogP contribution < -0.4 is 5.32 Å². The maximum atomic E-state index is 12.9. The largest absolute Gasteiger partial charge is 0.481 e. The van der Waals surface area contributed by atoms with Crippen molar-refractivity contribution in [1.82, 2.24) is 15.1 Å². The van der Waals surface area contributed by atoms with Gasteiger partial charge in [-0.25, -0.2) is 4.79 Å². The van der Waals surface area contributed by atoms with Gasteiger partial charge >= 0.3 is 18.2 Å². The van der Waals surface area contributed by atoms with Crippen LogP contribution in [0.3, 0.4) is 0 Å². The minimum absolute atomic E-state index is 0.0252. The number of halogens is 3. The number of likely N-dealkylation sites (N-methyl/N-ethyl adjacent to an activating group) is 1. The smallest absolute Gasteiger partial charge is 0.416 e. The fourth-order valence-corrected chi connectivity index (χ4v) is 2.41. The van der Waals surface area contributed by atoms with Gasteiger partial charge in [-0.05, 0) is 31.8 Å². The average Bonchev–Trinajstić information content (AvgIpc) is 2.53. The Labute approximate surface area is 150 Å². The summed E-state index contributed by atoms with van der Waals surface area (Å²) < 4.78 is 38.7. The summed E-state index contributed by atoms with van der Waals surface area (Å²) in [7, 11) is 4.87. The van der Waals surface area contributed by atoms with Crippen molar-refractivity contribution in [2.24, 2.45) is 5.92 Å². The topological polar surface area (TPSA) is 72.9 Å². The van der Waals surface area contributed by atoms with Crippen molar-refractivity contribution in [3.8, 4) is 0 Å². The number of urea groups is 1. The quantitative estimate of drug-likeness (QED) is 0.769. The van der Waals surface area contributed by atoms with Crippen LogP contribution >= 0.6 is 0 Å². The van der Waals surface area contributed by atoms with E-state index in [1.165, 1.54) is 24.9 Å². The van der Waals surface area contributed by atoms with Gasteiger partial charge in [0.1, 0.15) is 0 Å². The first-order valence-electron chi connectivity index (χ1n) is 7.98. The molecule has 0 aromatic heterocycles. The van der Waals surface area contributed by atoms with Crippen molar-refractivity contribution in [3.05, 3.63) is 35.4 Å². The summed E-state index contributed by atoms with van der Waals surface area (Å²) in [5.74, 6) is -1.74. The highest BCUT2D eigenvalue weighted by Gasteiger charge is 2.31. The Hall–Kier alpha value is -2.29. The molecule has 2 N–H and O–H groups in total. The average molecular weight is 375 g/mol. The van der Waals surface area contributed by atoms with E-state index in [0.717, 1.165) is 12.1 Å². The van der Waals surface area contributed by atoms with Crippen LogP contribution in [0.4, 0.5) is 18.0 Å². The number of alkyl halides is 3. The Balaban J connectivity index is 2.81. The summed E-state index contributed by atoms with van der Waals surface area (Å²) in [6, 6.07) is 4.01. The second-order valence-corrected chi connectivity index (χ2v) is 6.41. The molecule has 146 valence electrons. The highest BCUT2D eigenvalue weighted by molar-refractivity contribution is 5.75. The van der Waals surface area contributed by atoms with Crippen molar-refractivity contribution in [2.45, 2.75) is 19.1 Å². The monoisotopic (exact) mass is 375 g/mol. The third-order valence-corrected chi connectivity index (χ3v) is 3.98. The molecular formula is C17H24F3N3O3. The van der Waals surface area contributed by atoms with Crippen molar-refractivity contribution < 1.29 is 27.9 Å². The van der Waals surface area contributed by atoms with E-state index in [4.69, 9.17) is 5.11 Å². The summed E-state index contributed by atoms with van der Waals surface area (Å²) in [4.78, 5) is 25.9. The van der Waals surface area contributed by atoms with Gasteiger partial charge in [0.15, 0.2) is 0 Å². The molecule has 6 nitrogen and oxygen atoms in total. The number of hydrogen-bond acceptors (Lipinski definition) is 3. The summed E-state index contributed by atoms with van der Waals surface area (Å²) in [5.41, 5.74) is -0.327. The van der Waals surface area contributed by atoms with Crippen LogP contribution in [0.5, 0.6) is 0 Å². The number of aliphatic carboxylic acids is 1. The molecule has 0 saturated heterocycles. The molecule has 0 heterocycles. The SMILES string of the molecule is CC(CN(C)C(=O)NCC(c1cccc(C(F)(F)F)c1)N(C)C)C(=O)O. The molecule has 0 fully saturated rings. The number of carboxylic acids is 1. The summed E-state index contributed by atoms with van der Waals surface area (Å²) in [5, 5.41) is 11.5. The van der Waals surface area contributed by atoms with E-state index < -0.39 is 35.7 Å². The lowest BCUT2D eigenvalue weighted by atomic mass is 10.0. The van der Waals surface area contributed by atoms with Crippen molar-refractivity contribution in [2.75, 3.05) is 34.2 Å². The number of carbonyl (C=O) groups is 2. The van der Waals surface area contributed by atoms with Crippen LogP contribution in [0.15, 0.2) is 24.3 Å². The van der Waals surface area contributed by atoms with Gasteiger partial charge in [-0.1, -0.05) is 19.1 Å². The molecule has 1 aromatic carbocycles.